The SMILES string of the molecule is CCC(C)NC(=O)CCNC(=O)NC(C)c1ccccc1Br. The van der Waals surface area contributed by atoms with Gasteiger partial charge in [0.05, 0.1) is 6.04 Å². The van der Waals surface area contributed by atoms with Crippen LogP contribution < -0.4 is 16.0 Å². The van der Waals surface area contributed by atoms with E-state index in [1.165, 1.54) is 0 Å². The summed E-state index contributed by atoms with van der Waals surface area (Å²) in [4.78, 5) is 23.4. The van der Waals surface area contributed by atoms with Crippen LogP contribution >= 0.6 is 15.9 Å². The average Bonchev–Trinajstić information content (AvgIpc) is 2.47. The summed E-state index contributed by atoms with van der Waals surface area (Å²) in [5, 5.41) is 8.41. The van der Waals surface area contributed by atoms with Gasteiger partial charge in [-0.2, -0.15) is 0 Å². The number of halogens is 1. The molecule has 3 amide bonds. The molecule has 0 aliphatic carbocycles. The van der Waals surface area contributed by atoms with E-state index < -0.39 is 0 Å². The monoisotopic (exact) mass is 369 g/mol. The highest BCUT2D eigenvalue weighted by atomic mass is 79.9. The highest BCUT2D eigenvalue weighted by Gasteiger charge is 2.12. The average molecular weight is 370 g/mol. The van der Waals surface area contributed by atoms with E-state index in [2.05, 4.69) is 31.9 Å². The molecule has 1 aromatic carbocycles. The Kier molecular flexibility index (Phi) is 7.95. The van der Waals surface area contributed by atoms with Gasteiger partial charge in [-0.25, -0.2) is 4.79 Å². The molecule has 0 aliphatic rings. The molecular weight excluding hydrogens is 346 g/mol. The van der Waals surface area contributed by atoms with Crippen LogP contribution in [0.5, 0.6) is 0 Å². The number of amides is 3. The van der Waals surface area contributed by atoms with Crippen molar-refractivity contribution in [3.63, 3.8) is 0 Å². The molecule has 2 unspecified atom stereocenters. The maximum Gasteiger partial charge on any atom is 0.315 e. The molecule has 0 aliphatic heterocycles. The second-order valence-electron chi connectivity index (χ2n) is 5.27. The third-order valence-electron chi connectivity index (χ3n) is 3.38. The summed E-state index contributed by atoms with van der Waals surface area (Å²) in [6.07, 6.45) is 1.17. The van der Waals surface area contributed by atoms with E-state index in [4.69, 9.17) is 0 Å². The van der Waals surface area contributed by atoms with Crippen molar-refractivity contribution in [2.24, 2.45) is 0 Å². The van der Waals surface area contributed by atoms with Crippen molar-refractivity contribution in [1.29, 1.82) is 0 Å². The normalized spacial score (nSPS) is 13.1. The molecule has 2 atom stereocenters. The molecular formula is C16H24BrN3O2. The van der Waals surface area contributed by atoms with Gasteiger partial charge in [-0.05, 0) is 31.9 Å². The number of rotatable bonds is 7. The van der Waals surface area contributed by atoms with Crippen molar-refractivity contribution in [3.05, 3.63) is 34.3 Å². The Bertz CT molecular complexity index is 508. The Balaban J connectivity index is 2.32. The highest BCUT2D eigenvalue weighted by Crippen LogP contribution is 2.22. The minimum atomic E-state index is -0.278. The van der Waals surface area contributed by atoms with Crippen LogP contribution in [-0.4, -0.2) is 24.5 Å². The summed E-state index contributed by atoms with van der Waals surface area (Å²) >= 11 is 3.46. The lowest BCUT2D eigenvalue weighted by molar-refractivity contribution is -0.121. The molecule has 0 heterocycles. The summed E-state index contributed by atoms with van der Waals surface area (Å²) in [5.74, 6) is -0.0477. The first kappa shape index (κ1) is 18.5. The number of carbonyl (C=O) groups is 2. The third-order valence-corrected chi connectivity index (χ3v) is 4.10. The molecule has 0 saturated heterocycles. The Morgan fingerprint density at radius 1 is 1.18 bits per heavy atom. The zero-order valence-electron chi connectivity index (χ0n) is 13.3. The van der Waals surface area contributed by atoms with Gasteiger partial charge in [-0.3, -0.25) is 4.79 Å². The van der Waals surface area contributed by atoms with Gasteiger partial charge in [-0.1, -0.05) is 41.1 Å². The first-order chi connectivity index (χ1) is 10.4. The maximum atomic E-state index is 11.8. The van der Waals surface area contributed by atoms with Crippen LogP contribution in [0.2, 0.25) is 0 Å². The summed E-state index contributed by atoms with van der Waals surface area (Å²) in [7, 11) is 0. The zero-order valence-corrected chi connectivity index (χ0v) is 14.9. The van der Waals surface area contributed by atoms with Gasteiger partial charge in [0.15, 0.2) is 0 Å². The van der Waals surface area contributed by atoms with Crippen molar-refractivity contribution in [2.45, 2.75) is 45.7 Å². The number of benzene rings is 1. The Morgan fingerprint density at radius 3 is 2.50 bits per heavy atom. The lowest BCUT2D eigenvalue weighted by Crippen LogP contribution is -2.40. The van der Waals surface area contributed by atoms with Gasteiger partial charge in [-0.15, -0.1) is 0 Å². The van der Waals surface area contributed by atoms with E-state index in [1.54, 1.807) is 0 Å². The van der Waals surface area contributed by atoms with Crippen molar-refractivity contribution < 1.29 is 9.59 Å². The van der Waals surface area contributed by atoms with Crippen LogP contribution in [0.1, 0.15) is 45.2 Å². The molecule has 1 rings (SSSR count). The fraction of sp³-hybridized carbons (Fsp3) is 0.500. The highest BCUT2D eigenvalue weighted by molar-refractivity contribution is 9.10. The maximum absolute atomic E-state index is 11.8. The Hall–Kier alpha value is -1.56. The molecule has 6 heteroatoms. The summed E-state index contributed by atoms with van der Waals surface area (Å²) in [5.41, 5.74) is 1.01. The standard InChI is InChI=1S/C16H24BrN3O2/c1-4-11(2)19-15(21)9-10-18-16(22)20-12(3)13-7-5-6-8-14(13)17/h5-8,11-12H,4,9-10H2,1-3H3,(H,19,21)(H2,18,20,22). The molecule has 0 fully saturated rings. The van der Waals surface area contributed by atoms with Crippen LogP contribution in [0.25, 0.3) is 0 Å². The summed E-state index contributed by atoms with van der Waals surface area (Å²) < 4.78 is 0.954. The lowest BCUT2D eigenvalue weighted by atomic mass is 10.1. The predicted octanol–water partition coefficient (Wildman–Crippen LogP) is 3.11. The van der Waals surface area contributed by atoms with Gasteiger partial charge in [0.1, 0.15) is 0 Å². The predicted molar refractivity (Wildman–Crippen MR) is 91.6 cm³/mol. The van der Waals surface area contributed by atoms with Gasteiger partial charge in [0.25, 0.3) is 0 Å². The molecule has 1 aromatic rings. The van der Waals surface area contributed by atoms with Gasteiger partial charge < -0.3 is 16.0 Å². The number of nitrogens with one attached hydrogen (secondary N) is 3. The van der Waals surface area contributed by atoms with Crippen molar-refractivity contribution in [2.75, 3.05) is 6.54 Å². The van der Waals surface area contributed by atoms with Gasteiger partial charge >= 0.3 is 6.03 Å². The number of hydrogen-bond donors (Lipinski definition) is 3. The number of urea groups is 1. The smallest absolute Gasteiger partial charge is 0.315 e. The first-order valence-corrected chi connectivity index (χ1v) is 8.31. The molecule has 0 saturated carbocycles. The molecule has 0 radical (unpaired) electrons. The quantitative estimate of drug-likeness (QED) is 0.690. The van der Waals surface area contributed by atoms with Crippen LogP contribution in [0, 0.1) is 0 Å². The number of carbonyl (C=O) groups excluding carboxylic acids is 2. The molecule has 0 spiro atoms. The molecule has 3 N–H and O–H groups in total. The lowest BCUT2D eigenvalue weighted by Gasteiger charge is -2.16. The molecule has 5 nitrogen and oxygen atoms in total. The largest absolute Gasteiger partial charge is 0.354 e. The van der Waals surface area contributed by atoms with E-state index in [0.717, 1.165) is 16.5 Å². The third kappa shape index (κ3) is 6.47. The molecule has 0 bridgehead atoms. The second-order valence-corrected chi connectivity index (χ2v) is 6.12. The zero-order chi connectivity index (χ0) is 16.5. The van der Waals surface area contributed by atoms with Crippen molar-refractivity contribution >= 4 is 27.9 Å². The molecule has 122 valence electrons. The Labute approximate surface area is 140 Å². The number of hydrogen-bond acceptors (Lipinski definition) is 2. The molecule has 22 heavy (non-hydrogen) atoms. The van der Waals surface area contributed by atoms with E-state index in [9.17, 15) is 9.59 Å². The minimum Gasteiger partial charge on any atom is -0.354 e. The van der Waals surface area contributed by atoms with E-state index in [0.29, 0.717) is 6.54 Å². The van der Waals surface area contributed by atoms with Crippen LogP contribution in [-0.2, 0) is 4.79 Å². The second kappa shape index (κ2) is 9.46. The van der Waals surface area contributed by atoms with E-state index in [1.807, 2.05) is 45.0 Å². The van der Waals surface area contributed by atoms with Crippen LogP contribution in [0.15, 0.2) is 28.7 Å². The first-order valence-electron chi connectivity index (χ1n) is 7.52. The van der Waals surface area contributed by atoms with E-state index >= 15 is 0 Å². The van der Waals surface area contributed by atoms with Crippen molar-refractivity contribution in [1.82, 2.24) is 16.0 Å². The fourth-order valence-corrected chi connectivity index (χ4v) is 2.52. The van der Waals surface area contributed by atoms with Crippen LogP contribution in [0.3, 0.4) is 0 Å². The van der Waals surface area contributed by atoms with E-state index in [-0.39, 0.29) is 30.4 Å². The van der Waals surface area contributed by atoms with Gasteiger partial charge in [0.2, 0.25) is 5.91 Å². The molecule has 0 aromatic heterocycles. The van der Waals surface area contributed by atoms with Crippen molar-refractivity contribution in [3.8, 4) is 0 Å². The van der Waals surface area contributed by atoms with Crippen LogP contribution in [0.4, 0.5) is 4.79 Å². The van der Waals surface area contributed by atoms with Gasteiger partial charge in [0, 0.05) is 23.5 Å². The topological polar surface area (TPSA) is 70.2 Å². The summed E-state index contributed by atoms with van der Waals surface area (Å²) in [6.45, 7) is 6.20. The fourth-order valence-electron chi connectivity index (χ4n) is 1.89. The summed E-state index contributed by atoms with van der Waals surface area (Å²) in [6, 6.07) is 7.51. The minimum absolute atomic E-state index is 0.0477. The Morgan fingerprint density at radius 2 is 1.86 bits per heavy atom.